The van der Waals surface area contributed by atoms with E-state index >= 15 is 0 Å². The summed E-state index contributed by atoms with van der Waals surface area (Å²) in [4.78, 5) is 0. The second-order valence-electron chi connectivity index (χ2n) is 7.20. The van der Waals surface area contributed by atoms with Gasteiger partial charge in [0.15, 0.2) is 0 Å². The summed E-state index contributed by atoms with van der Waals surface area (Å²) in [5.41, 5.74) is 8.83. The third-order valence-corrected chi connectivity index (χ3v) is 5.39. The van der Waals surface area contributed by atoms with E-state index in [1.165, 1.54) is 5.56 Å². The zero-order valence-corrected chi connectivity index (χ0v) is 16.8. The SMILES string of the molecule is Cc1cccc(-c2c(-c3ccc(Cl)cc3)ccc3cc(-c4ccccc4)nn23)c1. The van der Waals surface area contributed by atoms with Crippen molar-refractivity contribution in [3.8, 4) is 33.6 Å². The molecule has 5 aromatic rings. The van der Waals surface area contributed by atoms with Crippen LogP contribution < -0.4 is 0 Å². The Morgan fingerprint density at radius 3 is 2.21 bits per heavy atom. The average Bonchev–Trinajstić information content (AvgIpc) is 3.19. The van der Waals surface area contributed by atoms with Gasteiger partial charge in [-0.15, -0.1) is 0 Å². The predicted octanol–water partition coefficient (Wildman–Crippen LogP) is 7.30. The highest BCUT2D eigenvalue weighted by Gasteiger charge is 2.15. The largest absolute Gasteiger partial charge is 0.232 e. The quantitative estimate of drug-likeness (QED) is 0.314. The monoisotopic (exact) mass is 394 g/mol. The molecule has 0 atom stereocenters. The van der Waals surface area contributed by atoms with Gasteiger partial charge in [-0.25, -0.2) is 4.52 Å². The highest BCUT2D eigenvalue weighted by atomic mass is 35.5. The summed E-state index contributed by atoms with van der Waals surface area (Å²) in [6.45, 7) is 2.12. The maximum absolute atomic E-state index is 6.13. The van der Waals surface area contributed by atoms with Crippen molar-refractivity contribution in [2.75, 3.05) is 0 Å². The Hall–Kier alpha value is -3.36. The molecule has 0 amide bonds. The molecule has 2 aromatic heterocycles. The maximum atomic E-state index is 6.13. The molecule has 0 bridgehead atoms. The minimum Gasteiger partial charge on any atom is -0.232 e. The van der Waals surface area contributed by atoms with Gasteiger partial charge < -0.3 is 0 Å². The molecular formula is C26H19ClN2. The van der Waals surface area contributed by atoms with E-state index in [4.69, 9.17) is 16.7 Å². The number of rotatable bonds is 3. The van der Waals surface area contributed by atoms with Crippen molar-refractivity contribution in [2.45, 2.75) is 6.92 Å². The molecule has 29 heavy (non-hydrogen) atoms. The van der Waals surface area contributed by atoms with Crippen LogP contribution in [0.3, 0.4) is 0 Å². The first-order valence-corrected chi connectivity index (χ1v) is 9.98. The van der Waals surface area contributed by atoms with Crippen LogP contribution in [0.4, 0.5) is 0 Å². The fourth-order valence-corrected chi connectivity index (χ4v) is 3.86. The van der Waals surface area contributed by atoms with E-state index in [1.54, 1.807) is 0 Å². The summed E-state index contributed by atoms with van der Waals surface area (Å²) in [5.74, 6) is 0. The van der Waals surface area contributed by atoms with Crippen molar-refractivity contribution in [1.29, 1.82) is 0 Å². The number of nitrogens with zero attached hydrogens (tertiary/aromatic N) is 2. The molecule has 2 heterocycles. The van der Waals surface area contributed by atoms with Gasteiger partial charge in [-0.05, 0) is 42.8 Å². The van der Waals surface area contributed by atoms with Gasteiger partial charge in [-0.1, -0.05) is 83.9 Å². The second kappa shape index (κ2) is 7.23. The van der Waals surface area contributed by atoms with Crippen molar-refractivity contribution < 1.29 is 0 Å². The van der Waals surface area contributed by atoms with Gasteiger partial charge >= 0.3 is 0 Å². The third kappa shape index (κ3) is 3.32. The summed E-state index contributed by atoms with van der Waals surface area (Å²) in [7, 11) is 0. The third-order valence-electron chi connectivity index (χ3n) is 5.14. The Labute approximate surface area is 175 Å². The minimum atomic E-state index is 0.734. The van der Waals surface area contributed by atoms with Crippen LogP contribution >= 0.6 is 11.6 Å². The number of pyridine rings is 1. The lowest BCUT2D eigenvalue weighted by Gasteiger charge is -2.13. The van der Waals surface area contributed by atoms with E-state index < -0.39 is 0 Å². The van der Waals surface area contributed by atoms with E-state index in [2.05, 4.69) is 78.2 Å². The second-order valence-corrected chi connectivity index (χ2v) is 7.64. The molecule has 0 fully saturated rings. The van der Waals surface area contributed by atoms with Crippen LogP contribution in [-0.4, -0.2) is 9.61 Å². The van der Waals surface area contributed by atoms with Crippen LogP contribution in [0.1, 0.15) is 5.56 Å². The summed E-state index contributed by atoms with van der Waals surface area (Å²) in [6.07, 6.45) is 0. The zero-order valence-electron chi connectivity index (χ0n) is 16.0. The van der Waals surface area contributed by atoms with Crippen LogP contribution in [-0.2, 0) is 0 Å². The highest BCUT2D eigenvalue weighted by molar-refractivity contribution is 6.30. The molecule has 0 saturated carbocycles. The molecule has 2 nitrogen and oxygen atoms in total. The van der Waals surface area contributed by atoms with Crippen LogP contribution in [0.2, 0.25) is 5.02 Å². The number of fused-ring (bicyclic) bond motifs is 1. The Morgan fingerprint density at radius 1 is 0.690 bits per heavy atom. The van der Waals surface area contributed by atoms with Gasteiger partial charge in [0.25, 0.3) is 0 Å². The molecule has 0 radical (unpaired) electrons. The van der Waals surface area contributed by atoms with Crippen molar-refractivity contribution in [2.24, 2.45) is 0 Å². The molecule has 0 spiro atoms. The molecule has 0 aliphatic heterocycles. The first kappa shape index (κ1) is 17.7. The van der Waals surface area contributed by atoms with Gasteiger partial charge in [0.2, 0.25) is 0 Å². The lowest BCUT2D eigenvalue weighted by molar-refractivity contribution is 0.975. The van der Waals surface area contributed by atoms with Crippen LogP contribution in [0.15, 0.2) is 97.1 Å². The van der Waals surface area contributed by atoms with Crippen LogP contribution in [0.25, 0.3) is 39.2 Å². The molecule has 3 heteroatoms. The fraction of sp³-hybridized carbons (Fsp3) is 0.0385. The molecule has 0 aliphatic carbocycles. The lowest BCUT2D eigenvalue weighted by Crippen LogP contribution is -1.98. The standard InChI is InChI=1S/C26H19ClN2/c1-18-6-5-9-21(16-18)26-24(19-10-12-22(27)13-11-19)15-14-23-17-25(28-29(23)26)20-7-3-2-4-8-20/h2-17H,1H3. The van der Waals surface area contributed by atoms with Crippen LogP contribution in [0, 0.1) is 6.92 Å². The summed E-state index contributed by atoms with van der Waals surface area (Å²) in [6, 6.07) is 33.3. The topological polar surface area (TPSA) is 17.3 Å². The van der Waals surface area contributed by atoms with Gasteiger partial charge in [0, 0.05) is 21.7 Å². The van der Waals surface area contributed by atoms with E-state index in [1.807, 2.05) is 30.3 Å². The molecular weight excluding hydrogens is 376 g/mol. The summed E-state index contributed by atoms with van der Waals surface area (Å²) >= 11 is 6.13. The minimum absolute atomic E-state index is 0.734. The maximum Gasteiger partial charge on any atom is 0.0933 e. The highest BCUT2D eigenvalue weighted by Crippen LogP contribution is 2.35. The Kier molecular flexibility index (Phi) is 4.42. The van der Waals surface area contributed by atoms with E-state index in [9.17, 15) is 0 Å². The number of aryl methyl sites for hydroxylation is 1. The lowest BCUT2D eigenvalue weighted by atomic mass is 9.98. The number of aromatic nitrogens is 2. The van der Waals surface area contributed by atoms with Gasteiger partial charge in [-0.2, -0.15) is 5.10 Å². The normalized spacial score (nSPS) is 11.1. The van der Waals surface area contributed by atoms with Crippen molar-refractivity contribution in [3.63, 3.8) is 0 Å². The smallest absolute Gasteiger partial charge is 0.0933 e. The summed E-state index contributed by atoms with van der Waals surface area (Å²) in [5, 5.41) is 5.72. The Morgan fingerprint density at radius 2 is 1.45 bits per heavy atom. The van der Waals surface area contributed by atoms with E-state index in [0.29, 0.717) is 0 Å². The first-order valence-electron chi connectivity index (χ1n) is 9.60. The molecule has 140 valence electrons. The van der Waals surface area contributed by atoms with Crippen molar-refractivity contribution in [1.82, 2.24) is 9.61 Å². The number of halogens is 1. The van der Waals surface area contributed by atoms with Crippen molar-refractivity contribution >= 4 is 17.1 Å². The molecule has 0 N–H and O–H groups in total. The Bertz CT molecular complexity index is 1300. The van der Waals surface area contributed by atoms with Gasteiger partial charge in [-0.3, -0.25) is 0 Å². The molecule has 0 unspecified atom stereocenters. The van der Waals surface area contributed by atoms with E-state index in [-0.39, 0.29) is 0 Å². The molecule has 0 aliphatic rings. The number of benzene rings is 3. The van der Waals surface area contributed by atoms with Crippen molar-refractivity contribution in [3.05, 3.63) is 108 Å². The zero-order chi connectivity index (χ0) is 19.8. The van der Waals surface area contributed by atoms with Gasteiger partial charge in [0.1, 0.15) is 0 Å². The number of hydrogen-bond donors (Lipinski definition) is 0. The van der Waals surface area contributed by atoms with Gasteiger partial charge in [0.05, 0.1) is 16.9 Å². The molecule has 0 saturated heterocycles. The molecule has 3 aromatic carbocycles. The average molecular weight is 395 g/mol. The molecule has 5 rings (SSSR count). The van der Waals surface area contributed by atoms with Crippen LogP contribution in [0.5, 0.6) is 0 Å². The van der Waals surface area contributed by atoms with E-state index in [0.717, 1.165) is 44.2 Å². The predicted molar refractivity (Wildman–Crippen MR) is 121 cm³/mol. The fourth-order valence-electron chi connectivity index (χ4n) is 3.74. The Balaban J connectivity index is 1.80. The first-order chi connectivity index (χ1) is 14.2. The summed E-state index contributed by atoms with van der Waals surface area (Å²) < 4.78 is 2.06. The number of hydrogen-bond acceptors (Lipinski definition) is 1.